The van der Waals surface area contributed by atoms with Gasteiger partial charge in [-0.25, -0.2) is 0 Å². The van der Waals surface area contributed by atoms with Crippen molar-refractivity contribution in [3.63, 3.8) is 0 Å². The quantitative estimate of drug-likeness (QED) is 0.243. The number of anilines is 2. The van der Waals surface area contributed by atoms with E-state index >= 15 is 0 Å². The Balaban J connectivity index is 0.983. The first-order chi connectivity index (χ1) is 23.1. The zero-order chi connectivity index (χ0) is 32.3. The fourth-order valence-corrected chi connectivity index (χ4v) is 9.14. The first-order valence-electron chi connectivity index (χ1n) is 19.4. The van der Waals surface area contributed by atoms with Crippen LogP contribution in [0.25, 0.3) is 0 Å². The summed E-state index contributed by atoms with van der Waals surface area (Å²) < 4.78 is 0. The van der Waals surface area contributed by atoms with E-state index in [9.17, 15) is 9.59 Å². The molecule has 0 heterocycles. The highest BCUT2D eigenvalue weighted by Gasteiger charge is 2.31. The van der Waals surface area contributed by atoms with Crippen LogP contribution in [0.2, 0.25) is 0 Å². The molecule has 2 aromatic carbocycles. The normalized spacial score (nSPS) is 20.8. The third kappa shape index (κ3) is 10.2. The minimum atomic E-state index is 0.118. The van der Waals surface area contributed by atoms with Gasteiger partial charge in [0.15, 0.2) is 0 Å². The van der Waals surface area contributed by atoms with Crippen molar-refractivity contribution in [2.75, 3.05) is 23.7 Å². The molecular weight excluding hydrogens is 580 g/mol. The third-order valence-electron chi connectivity index (χ3n) is 11.7. The fourth-order valence-electron chi connectivity index (χ4n) is 9.14. The zero-order valence-electron chi connectivity index (χ0n) is 28.9. The molecule has 0 saturated heterocycles. The van der Waals surface area contributed by atoms with Crippen molar-refractivity contribution in [2.45, 2.75) is 159 Å². The molecule has 47 heavy (non-hydrogen) atoms. The van der Waals surface area contributed by atoms with E-state index < -0.39 is 0 Å². The Morgan fingerprint density at radius 2 is 0.723 bits per heavy atom. The largest absolute Gasteiger partial charge is 0.325 e. The Kier molecular flexibility index (Phi) is 12.8. The second-order valence-electron chi connectivity index (χ2n) is 15.2. The summed E-state index contributed by atoms with van der Waals surface area (Å²) in [6.07, 6.45) is 26.5. The summed E-state index contributed by atoms with van der Waals surface area (Å²) in [5.74, 6) is 0.235. The summed E-state index contributed by atoms with van der Waals surface area (Å²) in [4.78, 5) is 31.6. The van der Waals surface area contributed by atoms with Gasteiger partial charge in [-0.05, 0) is 93.2 Å². The fraction of sp³-hybridized carbons (Fsp3) is 0.659. The first-order valence-corrected chi connectivity index (χ1v) is 19.4. The van der Waals surface area contributed by atoms with Crippen LogP contribution in [0.5, 0.6) is 0 Å². The summed E-state index contributed by atoms with van der Waals surface area (Å²) in [6, 6.07) is 18.9. The summed E-state index contributed by atoms with van der Waals surface area (Å²) in [5, 5.41) is 6.40. The lowest BCUT2D eigenvalue weighted by Gasteiger charge is -2.41. The smallest absolute Gasteiger partial charge is 0.238 e. The molecule has 4 aliphatic carbocycles. The molecule has 0 atom stereocenters. The van der Waals surface area contributed by atoms with Gasteiger partial charge in [0.05, 0.1) is 13.1 Å². The molecule has 0 radical (unpaired) electrons. The predicted molar refractivity (Wildman–Crippen MR) is 194 cm³/mol. The minimum Gasteiger partial charge on any atom is -0.325 e. The predicted octanol–water partition coefficient (Wildman–Crippen LogP) is 9.09. The number of nitrogens with one attached hydrogen (secondary N) is 2. The van der Waals surface area contributed by atoms with E-state index in [0.717, 1.165) is 17.8 Å². The van der Waals surface area contributed by atoms with Crippen LogP contribution in [0.4, 0.5) is 11.4 Å². The maximum Gasteiger partial charge on any atom is 0.238 e. The molecule has 0 aromatic heterocycles. The zero-order valence-corrected chi connectivity index (χ0v) is 28.9. The number of amides is 2. The highest BCUT2D eigenvalue weighted by atomic mass is 16.2. The number of carbonyl (C=O) groups excluding carboxylic acids is 2. The number of hydrogen-bond donors (Lipinski definition) is 2. The molecule has 2 amide bonds. The van der Waals surface area contributed by atoms with Crippen LogP contribution in [0.15, 0.2) is 48.5 Å². The van der Waals surface area contributed by atoms with Crippen LogP contribution in [0, 0.1) is 0 Å². The second-order valence-corrected chi connectivity index (χ2v) is 15.2. The Labute approximate surface area is 284 Å². The average Bonchev–Trinajstić information content (AvgIpc) is 3.13. The van der Waals surface area contributed by atoms with E-state index in [4.69, 9.17) is 0 Å². The van der Waals surface area contributed by atoms with Gasteiger partial charge < -0.3 is 10.6 Å². The summed E-state index contributed by atoms with van der Waals surface area (Å²) in [5.41, 5.74) is 4.17. The number of hydrogen-bond acceptors (Lipinski definition) is 4. The van der Waals surface area contributed by atoms with Crippen LogP contribution < -0.4 is 10.6 Å². The van der Waals surface area contributed by atoms with Crippen molar-refractivity contribution in [1.82, 2.24) is 9.80 Å². The van der Waals surface area contributed by atoms with Crippen molar-refractivity contribution in [2.24, 2.45) is 0 Å². The van der Waals surface area contributed by atoms with Gasteiger partial charge in [-0.3, -0.25) is 19.4 Å². The Morgan fingerprint density at radius 3 is 1.00 bits per heavy atom. The van der Waals surface area contributed by atoms with Gasteiger partial charge in [0.2, 0.25) is 11.8 Å². The molecule has 2 aromatic rings. The molecule has 2 N–H and O–H groups in total. The monoisotopic (exact) mass is 640 g/mol. The molecule has 4 fully saturated rings. The molecule has 0 aliphatic heterocycles. The van der Waals surface area contributed by atoms with Gasteiger partial charge in [-0.2, -0.15) is 0 Å². The van der Waals surface area contributed by atoms with E-state index in [1.165, 1.54) is 140 Å². The molecular formula is C41H60N4O2. The molecule has 0 spiro atoms. The number of carbonyl (C=O) groups is 2. The standard InChI is InChI=1S/C41H60N4O2/c46-40(30-44(36-13-5-1-6-14-36)37-15-7-2-8-16-37)42-34-25-21-32(22-26-34)29-33-23-27-35(28-24-33)43-41(47)31-45(38-17-9-3-10-18-38)39-19-11-4-12-20-39/h21-28,36-39H,1-20,29-31H2,(H,42,46)(H,43,47). The van der Waals surface area contributed by atoms with Gasteiger partial charge in [-0.15, -0.1) is 0 Å². The lowest BCUT2D eigenvalue weighted by molar-refractivity contribution is -0.119. The van der Waals surface area contributed by atoms with E-state index in [-0.39, 0.29) is 11.8 Å². The number of nitrogens with zero attached hydrogens (tertiary/aromatic N) is 2. The maximum atomic E-state index is 13.2. The second kappa shape index (κ2) is 17.6. The maximum absolute atomic E-state index is 13.2. The number of benzene rings is 2. The molecule has 6 rings (SSSR count). The van der Waals surface area contributed by atoms with Crippen molar-refractivity contribution < 1.29 is 9.59 Å². The van der Waals surface area contributed by atoms with Crippen LogP contribution in [-0.4, -0.2) is 58.9 Å². The highest BCUT2D eigenvalue weighted by Crippen LogP contribution is 2.31. The highest BCUT2D eigenvalue weighted by molar-refractivity contribution is 5.93. The van der Waals surface area contributed by atoms with Crippen LogP contribution in [0.1, 0.15) is 140 Å². The Bertz CT molecular complexity index is 1100. The lowest BCUT2D eigenvalue weighted by atomic mass is 9.88. The van der Waals surface area contributed by atoms with Gasteiger partial charge in [0.25, 0.3) is 0 Å². The summed E-state index contributed by atoms with van der Waals surface area (Å²) in [7, 11) is 0. The Morgan fingerprint density at radius 1 is 0.447 bits per heavy atom. The molecule has 6 heteroatoms. The van der Waals surface area contributed by atoms with Crippen LogP contribution >= 0.6 is 0 Å². The molecule has 4 saturated carbocycles. The summed E-state index contributed by atoms with van der Waals surface area (Å²) in [6.45, 7) is 1.03. The van der Waals surface area contributed by atoms with Gasteiger partial charge in [-0.1, -0.05) is 101 Å². The van der Waals surface area contributed by atoms with Crippen molar-refractivity contribution in [1.29, 1.82) is 0 Å². The molecule has 0 unspecified atom stereocenters. The molecule has 4 aliphatic rings. The topological polar surface area (TPSA) is 64.7 Å². The lowest BCUT2D eigenvalue weighted by Crippen LogP contribution is -2.48. The van der Waals surface area contributed by atoms with E-state index in [2.05, 4.69) is 44.7 Å². The van der Waals surface area contributed by atoms with Gasteiger partial charge in [0.1, 0.15) is 0 Å². The van der Waals surface area contributed by atoms with Crippen molar-refractivity contribution in [3.8, 4) is 0 Å². The number of rotatable bonds is 12. The van der Waals surface area contributed by atoms with Crippen molar-refractivity contribution in [3.05, 3.63) is 59.7 Å². The molecule has 256 valence electrons. The van der Waals surface area contributed by atoms with E-state index in [1.807, 2.05) is 24.3 Å². The van der Waals surface area contributed by atoms with Crippen molar-refractivity contribution >= 4 is 23.2 Å². The van der Waals surface area contributed by atoms with Gasteiger partial charge >= 0.3 is 0 Å². The van der Waals surface area contributed by atoms with Crippen LogP contribution in [-0.2, 0) is 16.0 Å². The Hall–Kier alpha value is -2.70. The first kappa shape index (κ1) is 34.2. The third-order valence-corrected chi connectivity index (χ3v) is 11.7. The minimum absolute atomic E-state index is 0.118. The van der Waals surface area contributed by atoms with E-state index in [0.29, 0.717) is 37.3 Å². The van der Waals surface area contributed by atoms with Gasteiger partial charge in [0, 0.05) is 35.5 Å². The van der Waals surface area contributed by atoms with E-state index in [1.54, 1.807) is 0 Å². The SMILES string of the molecule is O=C(CN(C1CCCCC1)C1CCCCC1)Nc1ccc(Cc2ccc(NC(=O)CN(C3CCCCC3)C3CCCCC3)cc2)cc1. The van der Waals surface area contributed by atoms with Crippen LogP contribution in [0.3, 0.4) is 0 Å². The summed E-state index contributed by atoms with van der Waals surface area (Å²) >= 11 is 0. The average molecular weight is 641 g/mol. The molecule has 6 nitrogen and oxygen atoms in total. The molecule has 0 bridgehead atoms.